The fourth-order valence-corrected chi connectivity index (χ4v) is 19.2. The van der Waals surface area contributed by atoms with E-state index in [2.05, 4.69) is 466 Å². The number of aryl methyl sites for hydroxylation is 6. The molecule has 0 amide bonds. The van der Waals surface area contributed by atoms with E-state index in [-0.39, 0.29) is 0 Å². The predicted octanol–water partition coefficient (Wildman–Crippen LogP) is 34.3. The minimum Gasteiger partial charge on any atom is -0.0622 e. The van der Waals surface area contributed by atoms with Crippen LogP contribution >= 0.6 is 0 Å². The summed E-state index contributed by atoms with van der Waals surface area (Å²) in [5, 5.41) is 43.1. The molecule has 0 N–H and O–H groups in total. The van der Waals surface area contributed by atoms with Gasteiger partial charge in [0.25, 0.3) is 0 Å². The topological polar surface area (TPSA) is 0 Å². The summed E-state index contributed by atoms with van der Waals surface area (Å²) < 4.78 is 0. The molecule has 0 heterocycles. The smallest absolute Gasteiger partial charge is 0.00241 e. The molecule has 0 aliphatic heterocycles. The minimum absolute atomic E-state index is 1.27. The van der Waals surface area contributed by atoms with Gasteiger partial charge in [0.15, 0.2) is 0 Å². The third-order valence-electron chi connectivity index (χ3n) is 24.9. The molecule has 0 radical (unpaired) electrons. The van der Waals surface area contributed by atoms with Crippen LogP contribution in [0, 0.1) is 41.5 Å². The van der Waals surface area contributed by atoms with E-state index in [1.54, 1.807) is 0 Å². The Morgan fingerprint density at radius 1 is 0.125 bits per heavy atom. The summed E-state index contributed by atoms with van der Waals surface area (Å²) in [6.45, 7) is 13.1. The van der Waals surface area contributed by atoms with Crippen LogP contribution in [-0.4, -0.2) is 0 Å². The molecule has 0 heteroatoms. The van der Waals surface area contributed by atoms with E-state index >= 15 is 0 Å². The fraction of sp³-hybridized carbons (Fsp3) is 0.0500. The first-order valence-electron chi connectivity index (χ1n) is 41.9. The summed E-state index contributed by atoms with van der Waals surface area (Å²) in [6.07, 6.45) is 0. The Labute approximate surface area is 700 Å². The first-order chi connectivity index (χ1) is 59.0. The van der Waals surface area contributed by atoms with Gasteiger partial charge in [0.2, 0.25) is 0 Å². The van der Waals surface area contributed by atoms with Crippen LogP contribution in [0.3, 0.4) is 0 Å². The summed E-state index contributed by atoms with van der Waals surface area (Å²) in [4.78, 5) is 0. The lowest BCUT2D eigenvalue weighted by molar-refractivity contribution is 1.51. The molecule has 25 aromatic carbocycles. The van der Waals surface area contributed by atoms with Gasteiger partial charge in [0.1, 0.15) is 0 Å². The van der Waals surface area contributed by atoms with Gasteiger partial charge in [-0.1, -0.05) is 436 Å². The zero-order valence-corrected chi connectivity index (χ0v) is 68.4. The third-order valence-corrected chi connectivity index (χ3v) is 24.9. The van der Waals surface area contributed by atoms with Gasteiger partial charge in [0.05, 0.1) is 0 Å². The summed E-state index contributed by atoms with van der Waals surface area (Å²) in [6, 6.07) is 153. The lowest BCUT2D eigenvalue weighted by atomic mass is 9.85. The van der Waals surface area contributed by atoms with Gasteiger partial charge in [0, 0.05) is 0 Å². The maximum absolute atomic E-state index is 2.33. The van der Waals surface area contributed by atoms with Gasteiger partial charge in [-0.25, -0.2) is 0 Å². The average Bonchev–Trinajstić information content (AvgIpc) is 0.744. The normalized spacial score (nSPS) is 11.4. The number of hydrogen-bond donors (Lipinski definition) is 0. The first-order valence-corrected chi connectivity index (χ1v) is 41.9. The van der Waals surface area contributed by atoms with Crippen LogP contribution in [-0.2, 0) is 0 Å². The zero-order valence-electron chi connectivity index (χ0n) is 68.4. The lowest BCUT2D eigenvalue weighted by Gasteiger charge is -2.18. The number of hydrogen-bond acceptors (Lipinski definition) is 0. The van der Waals surface area contributed by atoms with Crippen LogP contribution in [0.4, 0.5) is 0 Å². The van der Waals surface area contributed by atoms with Crippen LogP contribution in [0.1, 0.15) is 33.4 Å². The van der Waals surface area contributed by atoms with Crippen molar-refractivity contribution in [2.45, 2.75) is 41.5 Å². The first kappa shape index (κ1) is 74.0. The zero-order chi connectivity index (χ0) is 80.9. The second kappa shape index (κ2) is 31.7. The van der Waals surface area contributed by atoms with E-state index in [1.165, 1.54) is 239 Å². The summed E-state index contributed by atoms with van der Waals surface area (Å²) >= 11 is 0. The molecular formula is C120H88. The molecule has 120 heavy (non-hydrogen) atoms. The fourth-order valence-electron chi connectivity index (χ4n) is 19.2. The highest BCUT2D eigenvalue weighted by Gasteiger charge is 2.19. The van der Waals surface area contributed by atoms with Crippen LogP contribution in [0.25, 0.3) is 206 Å². The Kier molecular flexibility index (Phi) is 19.5. The van der Waals surface area contributed by atoms with Crippen molar-refractivity contribution in [2.75, 3.05) is 0 Å². The molecule has 0 spiro atoms. The van der Waals surface area contributed by atoms with Gasteiger partial charge in [-0.2, -0.15) is 0 Å². The summed E-state index contributed by atoms with van der Waals surface area (Å²) in [5.41, 5.74) is 15.8. The van der Waals surface area contributed by atoms with Crippen molar-refractivity contribution in [1.29, 1.82) is 0 Å². The Bertz CT molecular complexity index is 8070. The van der Waals surface area contributed by atoms with Crippen molar-refractivity contribution in [3.63, 3.8) is 0 Å². The lowest BCUT2D eigenvalue weighted by Crippen LogP contribution is -1.91. The highest BCUT2D eigenvalue weighted by atomic mass is 14.2. The van der Waals surface area contributed by atoms with E-state index in [0.717, 1.165) is 0 Å². The van der Waals surface area contributed by atoms with Gasteiger partial charge in [-0.3, -0.25) is 0 Å². The predicted molar refractivity (Wildman–Crippen MR) is 526 cm³/mol. The maximum Gasteiger partial charge on any atom is -0.00241 e. The third kappa shape index (κ3) is 13.5. The summed E-state index contributed by atoms with van der Waals surface area (Å²) in [5.74, 6) is 0. The van der Waals surface area contributed by atoms with E-state index in [4.69, 9.17) is 0 Å². The van der Waals surface area contributed by atoms with Gasteiger partial charge >= 0.3 is 0 Å². The molecule has 0 nitrogen and oxygen atoms in total. The second-order valence-electron chi connectivity index (χ2n) is 32.3. The van der Waals surface area contributed by atoms with Gasteiger partial charge in [-0.15, -0.1) is 0 Å². The average molecular weight is 1530 g/mol. The SMILES string of the molecule is Cc1c2ccccc2c(-c2ccccc2)c2ccccc12.Cc1cc2c3ccccc3ccc2c2ccccc12.Cc1cc2cccc3ccc4cccc1c4c32.Cc1ccc2c(-c3ccccc3)c3ccccc3c(-c3ccccc3)c2c1.Cc1ccc2c(ccc3c4ccccc4ccc23)c1.Cc1ccc2ccc3cccc4ccc1c2c34. The Morgan fingerprint density at radius 3 is 0.942 bits per heavy atom. The monoisotopic (exact) mass is 1530 g/mol. The highest BCUT2D eigenvalue weighted by Crippen LogP contribution is 2.46. The van der Waals surface area contributed by atoms with E-state index in [1.807, 2.05) is 0 Å². The van der Waals surface area contributed by atoms with Crippen LogP contribution < -0.4 is 0 Å². The largest absolute Gasteiger partial charge is 0.0622 e. The quantitative estimate of drug-likeness (QED) is 0.122. The van der Waals surface area contributed by atoms with Crippen LogP contribution in [0.15, 0.2) is 425 Å². The van der Waals surface area contributed by atoms with E-state index < -0.39 is 0 Å². The Morgan fingerprint density at radius 2 is 0.408 bits per heavy atom. The molecule has 0 saturated carbocycles. The van der Waals surface area contributed by atoms with Crippen molar-refractivity contribution in [1.82, 2.24) is 0 Å². The Hall–Kier alpha value is -14.8. The van der Waals surface area contributed by atoms with Crippen molar-refractivity contribution in [2.24, 2.45) is 0 Å². The van der Waals surface area contributed by atoms with Gasteiger partial charge in [-0.05, 0) is 270 Å². The van der Waals surface area contributed by atoms with Crippen molar-refractivity contribution in [3.05, 3.63) is 458 Å². The number of benzene rings is 25. The molecule has 0 aliphatic rings. The molecule has 0 aliphatic carbocycles. The van der Waals surface area contributed by atoms with Gasteiger partial charge < -0.3 is 0 Å². The van der Waals surface area contributed by atoms with Crippen molar-refractivity contribution < 1.29 is 0 Å². The second-order valence-corrected chi connectivity index (χ2v) is 32.3. The van der Waals surface area contributed by atoms with Crippen molar-refractivity contribution >= 4 is 172 Å². The highest BCUT2D eigenvalue weighted by molar-refractivity contribution is 6.27. The molecule has 0 atom stereocenters. The number of fused-ring (bicyclic) bond motifs is 14. The molecule has 25 rings (SSSR count). The van der Waals surface area contributed by atoms with E-state index in [9.17, 15) is 0 Å². The molecule has 0 aromatic heterocycles. The molecule has 0 bridgehead atoms. The minimum atomic E-state index is 1.27. The molecule has 0 unspecified atom stereocenters. The van der Waals surface area contributed by atoms with Crippen LogP contribution in [0.5, 0.6) is 0 Å². The summed E-state index contributed by atoms with van der Waals surface area (Å²) in [7, 11) is 0. The Balaban J connectivity index is 0.0000000927. The van der Waals surface area contributed by atoms with Crippen molar-refractivity contribution in [3.8, 4) is 33.4 Å². The molecule has 568 valence electrons. The number of rotatable bonds is 3. The molecule has 25 aromatic rings. The molecule has 0 saturated heterocycles. The molecule has 0 fully saturated rings. The molecular weight excluding hydrogens is 1440 g/mol. The maximum atomic E-state index is 2.33. The van der Waals surface area contributed by atoms with E-state index in [0.29, 0.717) is 0 Å². The standard InChI is InChI=1S/C27H20.C21H16.2C19H14.2C17H12/c1-19-16-17-24-25(18-19)27(21-12-6-3-7-13-21)23-15-9-8-14-22(23)26(24)20-10-4-2-5-11-20;1-15-17-11-5-7-13-19(17)21(16-9-3-2-4-10-16)20-14-8-6-12-18(15)20;1-13-12-19-16-8-3-2-6-14(16)10-11-18(19)17-9-5-4-7-15(13)17;1-13-6-9-17-15(12-13)8-11-18-16-5-3-2-4-14(16)7-10-19(17)18;1-11-10-14-6-2-4-12-8-9-13-5-3-7-15(11)17(13)16(12)14;1-11-5-6-14-8-7-12-3-2-4-13-9-10-15(11)17(14)16(12)13/h2-18H,1H3;2-14H,1H3;2*2-12H,1H3;2*2-10H,1H3. The van der Waals surface area contributed by atoms with Crippen LogP contribution in [0.2, 0.25) is 0 Å².